The molecule has 13 heteroatoms. The number of methoxy groups -OCH3 is 1. The van der Waals surface area contributed by atoms with Crippen molar-refractivity contribution in [1.82, 2.24) is 20.1 Å². The highest BCUT2D eigenvalue weighted by molar-refractivity contribution is 6.32. The summed E-state index contributed by atoms with van der Waals surface area (Å²) in [6.07, 6.45) is -1.05. The number of hydrogen-bond donors (Lipinski definition) is 1. The number of aromatic nitrogens is 3. The molecule has 196 valence electrons. The van der Waals surface area contributed by atoms with Crippen LogP contribution in [0.15, 0.2) is 42.7 Å². The van der Waals surface area contributed by atoms with Gasteiger partial charge in [0.25, 0.3) is 11.8 Å². The van der Waals surface area contributed by atoms with Gasteiger partial charge in [-0.3, -0.25) is 14.3 Å². The summed E-state index contributed by atoms with van der Waals surface area (Å²) >= 11 is 6.15. The zero-order chi connectivity index (χ0) is 26.7. The van der Waals surface area contributed by atoms with Gasteiger partial charge in [0.15, 0.2) is 0 Å². The van der Waals surface area contributed by atoms with E-state index < -0.39 is 24.1 Å². The highest BCUT2D eigenvalue weighted by Gasteiger charge is 2.36. The largest absolute Gasteiger partial charge is 0.573 e. The van der Waals surface area contributed by atoms with Gasteiger partial charge in [0, 0.05) is 19.3 Å². The maximum Gasteiger partial charge on any atom is 0.573 e. The van der Waals surface area contributed by atoms with Crippen molar-refractivity contribution in [2.75, 3.05) is 18.6 Å². The summed E-state index contributed by atoms with van der Waals surface area (Å²) in [6, 6.07) is 5.95. The third kappa shape index (κ3) is 5.63. The second-order valence-electron chi connectivity index (χ2n) is 8.17. The smallest absolute Gasteiger partial charge is 0.480 e. The van der Waals surface area contributed by atoms with Crippen molar-refractivity contribution in [2.24, 2.45) is 0 Å². The molecule has 3 heterocycles. The lowest BCUT2D eigenvalue weighted by Gasteiger charge is -2.33. The average molecular weight is 538 g/mol. The van der Waals surface area contributed by atoms with Crippen LogP contribution in [-0.2, 0) is 6.54 Å². The molecule has 1 atom stereocenters. The molecule has 0 spiro atoms. The fourth-order valence-electron chi connectivity index (χ4n) is 4.16. The third-order valence-electron chi connectivity index (χ3n) is 5.71. The highest BCUT2D eigenvalue weighted by Crippen LogP contribution is 2.36. The van der Waals surface area contributed by atoms with Crippen LogP contribution in [0.5, 0.6) is 11.6 Å². The van der Waals surface area contributed by atoms with E-state index in [1.807, 2.05) is 6.92 Å². The van der Waals surface area contributed by atoms with Gasteiger partial charge in [-0.15, -0.1) is 13.2 Å². The summed E-state index contributed by atoms with van der Waals surface area (Å²) in [6.45, 7) is 2.66. The minimum Gasteiger partial charge on any atom is -0.480 e. The van der Waals surface area contributed by atoms with Crippen molar-refractivity contribution in [3.63, 3.8) is 0 Å². The Hall–Kier alpha value is -3.80. The molecule has 4 rings (SSSR count). The van der Waals surface area contributed by atoms with Gasteiger partial charge in [0.2, 0.25) is 5.88 Å². The number of fused-ring (bicyclic) bond motifs is 1. The van der Waals surface area contributed by atoms with Crippen LogP contribution < -0.4 is 19.7 Å². The van der Waals surface area contributed by atoms with Crippen molar-refractivity contribution in [2.45, 2.75) is 38.7 Å². The molecule has 2 amide bonds. The fraction of sp³-hybridized carbons (Fsp3) is 0.333. The molecule has 1 N–H and O–H groups in total. The van der Waals surface area contributed by atoms with Crippen molar-refractivity contribution >= 4 is 29.1 Å². The van der Waals surface area contributed by atoms with E-state index in [0.717, 1.165) is 12.5 Å². The van der Waals surface area contributed by atoms with E-state index >= 15 is 0 Å². The number of aryl methyl sites for hydroxylation is 1. The van der Waals surface area contributed by atoms with Gasteiger partial charge in [-0.25, -0.2) is 4.98 Å². The highest BCUT2D eigenvalue weighted by atomic mass is 35.5. The Labute approximate surface area is 215 Å². The van der Waals surface area contributed by atoms with E-state index in [1.165, 1.54) is 48.7 Å². The predicted molar refractivity (Wildman–Crippen MR) is 128 cm³/mol. The maximum absolute atomic E-state index is 13.3. The molecule has 37 heavy (non-hydrogen) atoms. The number of nitrogens with one attached hydrogen (secondary N) is 1. The summed E-state index contributed by atoms with van der Waals surface area (Å²) in [5.74, 6) is -1.54. The van der Waals surface area contributed by atoms with Crippen LogP contribution in [0.2, 0.25) is 5.02 Å². The third-order valence-corrected chi connectivity index (χ3v) is 5.98. The van der Waals surface area contributed by atoms with E-state index in [-0.39, 0.29) is 34.5 Å². The summed E-state index contributed by atoms with van der Waals surface area (Å²) < 4.78 is 49.3. The van der Waals surface area contributed by atoms with Crippen LogP contribution in [0.3, 0.4) is 0 Å². The van der Waals surface area contributed by atoms with E-state index in [1.54, 1.807) is 4.68 Å². The Morgan fingerprint density at radius 1 is 1.24 bits per heavy atom. The maximum atomic E-state index is 13.3. The fourth-order valence-corrected chi connectivity index (χ4v) is 4.40. The van der Waals surface area contributed by atoms with Crippen LogP contribution in [0.1, 0.15) is 52.2 Å². The molecule has 1 unspecified atom stereocenters. The zero-order valence-electron chi connectivity index (χ0n) is 19.9. The minimum atomic E-state index is -4.95. The van der Waals surface area contributed by atoms with Gasteiger partial charge in [-0.05, 0) is 31.0 Å². The summed E-state index contributed by atoms with van der Waals surface area (Å²) in [7, 11) is 1.41. The number of carbonyl (C=O) groups is 2. The first-order valence-corrected chi connectivity index (χ1v) is 11.7. The van der Waals surface area contributed by atoms with E-state index in [2.05, 4.69) is 20.1 Å². The number of alkyl halides is 3. The lowest BCUT2D eigenvalue weighted by Crippen LogP contribution is -2.41. The molecule has 0 bridgehead atoms. The van der Waals surface area contributed by atoms with E-state index in [9.17, 15) is 22.8 Å². The molecule has 1 aliphatic rings. The molecule has 0 saturated carbocycles. The number of benzene rings is 1. The van der Waals surface area contributed by atoms with Crippen molar-refractivity contribution in [3.8, 4) is 11.6 Å². The van der Waals surface area contributed by atoms with Gasteiger partial charge in [0.1, 0.15) is 10.8 Å². The van der Waals surface area contributed by atoms with Gasteiger partial charge < -0.3 is 19.7 Å². The van der Waals surface area contributed by atoms with Crippen molar-refractivity contribution < 1.29 is 32.2 Å². The molecule has 0 aliphatic carbocycles. The minimum absolute atomic E-state index is 0.178. The first-order valence-electron chi connectivity index (χ1n) is 11.4. The molecule has 0 radical (unpaired) electrons. The molecule has 2 aromatic heterocycles. The summed E-state index contributed by atoms with van der Waals surface area (Å²) in [5.41, 5.74) is 1.01. The van der Waals surface area contributed by atoms with Crippen LogP contribution >= 0.6 is 11.6 Å². The monoisotopic (exact) mass is 537 g/mol. The second-order valence-corrected chi connectivity index (χ2v) is 8.58. The van der Waals surface area contributed by atoms with Crippen LogP contribution in [0.4, 0.5) is 18.9 Å². The van der Waals surface area contributed by atoms with Crippen LogP contribution in [0.25, 0.3) is 0 Å². The molecule has 3 aromatic rings. The summed E-state index contributed by atoms with van der Waals surface area (Å²) in [4.78, 5) is 32.0. The topological polar surface area (TPSA) is 98.6 Å². The average Bonchev–Trinajstić information content (AvgIpc) is 3.27. The number of anilines is 1. The number of hydrogen-bond acceptors (Lipinski definition) is 6. The van der Waals surface area contributed by atoms with Gasteiger partial charge >= 0.3 is 6.36 Å². The number of pyridine rings is 1. The number of ether oxygens (including phenoxy) is 2. The summed E-state index contributed by atoms with van der Waals surface area (Å²) in [5, 5.41) is 7.36. The molecule has 0 fully saturated rings. The second kappa shape index (κ2) is 10.7. The van der Waals surface area contributed by atoms with Gasteiger partial charge in [0.05, 0.1) is 41.9 Å². The van der Waals surface area contributed by atoms with Crippen molar-refractivity contribution in [3.05, 3.63) is 64.6 Å². The van der Waals surface area contributed by atoms with Crippen LogP contribution in [-0.4, -0.2) is 46.6 Å². The Morgan fingerprint density at radius 3 is 2.68 bits per heavy atom. The number of carbonyl (C=O) groups excluding carboxylic acids is 2. The molecular weight excluding hydrogens is 515 g/mol. The Bertz CT molecular complexity index is 1310. The standard InChI is InChI=1S/C24H23ClF3N5O4/c1-3-9-33-20-17(31-21(34)15-6-4-5-7-19(15)37-24(26,27)28)8-10-32(18(20)13-30-33)23(35)14-11-16(25)22(36-2)29-12-14/h4-7,11-13,17H,3,8-10H2,1-2H3,(H,31,34). The number of nitrogens with zero attached hydrogens (tertiary/aromatic N) is 4. The number of amides is 2. The number of para-hydroxylation sites is 1. The van der Waals surface area contributed by atoms with Crippen molar-refractivity contribution in [1.29, 1.82) is 0 Å². The Kier molecular flexibility index (Phi) is 7.58. The normalized spacial score (nSPS) is 15.2. The predicted octanol–water partition coefficient (Wildman–Crippen LogP) is 4.77. The Morgan fingerprint density at radius 2 is 2.00 bits per heavy atom. The number of rotatable bonds is 7. The lowest BCUT2D eigenvalue weighted by atomic mass is 10.0. The SMILES string of the molecule is CCCn1ncc2c1C(NC(=O)c1ccccc1OC(F)(F)F)CCN2C(=O)c1cnc(OC)c(Cl)c1. The van der Waals surface area contributed by atoms with Crippen LogP contribution in [0, 0.1) is 0 Å². The number of halogens is 4. The first kappa shape index (κ1) is 26.3. The molecule has 1 aliphatic heterocycles. The van der Waals surface area contributed by atoms with E-state index in [4.69, 9.17) is 16.3 Å². The molecular formula is C24H23ClF3N5O4. The molecule has 1 aromatic carbocycles. The zero-order valence-corrected chi connectivity index (χ0v) is 20.6. The quantitative estimate of drug-likeness (QED) is 0.466. The van der Waals surface area contributed by atoms with Gasteiger partial charge in [-0.2, -0.15) is 5.10 Å². The van der Waals surface area contributed by atoms with Gasteiger partial charge in [-0.1, -0.05) is 30.7 Å². The van der Waals surface area contributed by atoms with E-state index in [0.29, 0.717) is 24.3 Å². The lowest BCUT2D eigenvalue weighted by molar-refractivity contribution is -0.274. The Balaban J connectivity index is 1.63. The first-order chi connectivity index (χ1) is 17.6. The molecule has 0 saturated heterocycles. The molecule has 9 nitrogen and oxygen atoms in total.